The van der Waals surface area contributed by atoms with Gasteiger partial charge in [-0.1, -0.05) is 18.2 Å². The highest BCUT2D eigenvalue weighted by atomic mass is 19.4. The van der Waals surface area contributed by atoms with Gasteiger partial charge in [-0.25, -0.2) is 4.79 Å². The third-order valence-electron chi connectivity index (χ3n) is 2.98. The number of anilines is 2. The van der Waals surface area contributed by atoms with Crippen LogP contribution in [0.3, 0.4) is 0 Å². The van der Waals surface area contributed by atoms with Crippen molar-refractivity contribution in [1.29, 1.82) is 0 Å². The first kappa shape index (κ1) is 14.9. The Morgan fingerprint density at radius 3 is 2.43 bits per heavy atom. The lowest BCUT2D eigenvalue weighted by Crippen LogP contribution is -2.09. The molecule has 0 fully saturated rings. The molecular formula is C15H12F3NO2. The SMILES string of the molecule is Cc1ccc(Nc2ccccc2C(F)(F)F)cc1C(=O)O. The maximum atomic E-state index is 12.9. The molecule has 0 saturated heterocycles. The van der Waals surface area contributed by atoms with Gasteiger partial charge in [-0.3, -0.25) is 0 Å². The Kier molecular flexibility index (Phi) is 3.88. The van der Waals surface area contributed by atoms with Gasteiger partial charge < -0.3 is 10.4 Å². The van der Waals surface area contributed by atoms with E-state index < -0.39 is 17.7 Å². The average molecular weight is 295 g/mol. The number of alkyl halides is 3. The van der Waals surface area contributed by atoms with Crippen LogP contribution in [-0.4, -0.2) is 11.1 Å². The molecule has 3 nitrogen and oxygen atoms in total. The summed E-state index contributed by atoms with van der Waals surface area (Å²) in [5.74, 6) is -1.12. The van der Waals surface area contributed by atoms with Gasteiger partial charge in [0.15, 0.2) is 0 Å². The topological polar surface area (TPSA) is 49.3 Å². The van der Waals surface area contributed by atoms with Crippen LogP contribution in [-0.2, 0) is 6.18 Å². The fourth-order valence-corrected chi connectivity index (χ4v) is 1.92. The number of benzene rings is 2. The highest BCUT2D eigenvalue weighted by Crippen LogP contribution is 2.36. The molecule has 0 spiro atoms. The number of aromatic carboxylic acids is 1. The van der Waals surface area contributed by atoms with Gasteiger partial charge in [0.25, 0.3) is 0 Å². The average Bonchev–Trinajstić information content (AvgIpc) is 2.40. The van der Waals surface area contributed by atoms with Crippen molar-refractivity contribution in [3.05, 3.63) is 59.2 Å². The number of carboxylic acid groups (broad SMARTS) is 1. The van der Waals surface area contributed by atoms with E-state index in [2.05, 4.69) is 5.32 Å². The summed E-state index contributed by atoms with van der Waals surface area (Å²) in [6.07, 6.45) is -4.48. The minimum Gasteiger partial charge on any atom is -0.478 e. The van der Waals surface area contributed by atoms with Gasteiger partial charge in [0.2, 0.25) is 0 Å². The molecule has 0 unspecified atom stereocenters. The van der Waals surface area contributed by atoms with Crippen molar-refractivity contribution in [1.82, 2.24) is 0 Å². The van der Waals surface area contributed by atoms with E-state index >= 15 is 0 Å². The van der Waals surface area contributed by atoms with Crippen LogP contribution < -0.4 is 5.32 Å². The van der Waals surface area contributed by atoms with Crippen molar-refractivity contribution < 1.29 is 23.1 Å². The quantitative estimate of drug-likeness (QED) is 0.879. The zero-order valence-corrected chi connectivity index (χ0v) is 11.0. The van der Waals surface area contributed by atoms with Gasteiger partial charge >= 0.3 is 12.1 Å². The summed E-state index contributed by atoms with van der Waals surface area (Å²) in [5, 5.41) is 11.7. The summed E-state index contributed by atoms with van der Waals surface area (Å²) >= 11 is 0. The van der Waals surface area contributed by atoms with Crippen molar-refractivity contribution in [2.75, 3.05) is 5.32 Å². The summed E-state index contributed by atoms with van der Waals surface area (Å²) in [4.78, 5) is 11.0. The molecule has 0 aliphatic heterocycles. The van der Waals surface area contributed by atoms with Crippen LogP contribution >= 0.6 is 0 Å². The number of hydrogen-bond acceptors (Lipinski definition) is 2. The monoisotopic (exact) mass is 295 g/mol. The Bertz CT molecular complexity index is 681. The Morgan fingerprint density at radius 2 is 1.81 bits per heavy atom. The second-order valence-electron chi connectivity index (χ2n) is 4.50. The number of para-hydroxylation sites is 1. The zero-order valence-electron chi connectivity index (χ0n) is 11.0. The molecule has 0 atom stereocenters. The van der Waals surface area contributed by atoms with Gasteiger partial charge in [0, 0.05) is 5.69 Å². The molecule has 2 aromatic rings. The highest BCUT2D eigenvalue weighted by Gasteiger charge is 2.33. The first-order valence-corrected chi connectivity index (χ1v) is 6.06. The largest absolute Gasteiger partial charge is 0.478 e. The van der Waals surface area contributed by atoms with Crippen LogP contribution in [0.4, 0.5) is 24.5 Å². The molecule has 0 radical (unpaired) electrons. The van der Waals surface area contributed by atoms with Crippen LogP contribution in [0.2, 0.25) is 0 Å². The van der Waals surface area contributed by atoms with Crippen molar-refractivity contribution >= 4 is 17.3 Å². The first-order chi connectivity index (χ1) is 9.79. The van der Waals surface area contributed by atoms with Crippen LogP contribution in [0.15, 0.2) is 42.5 Å². The minimum atomic E-state index is -4.48. The number of halogens is 3. The Hall–Kier alpha value is -2.50. The summed E-state index contributed by atoms with van der Waals surface area (Å²) < 4.78 is 38.7. The van der Waals surface area contributed by atoms with E-state index in [0.29, 0.717) is 5.56 Å². The van der Waals surface area contributed by atoms with Gasteiger partial charge in [-0.2, -0.15) is 13.2 Å². The smallest absolute Gasteiger partial charge is 0.418 e. The van der Waals surface area contributed by atoms with Gasteiger partial charge in [0.1, 0.15) is 0 Å². The van der Waals surface area contributed by atoms with Crippen molar-refractivity contribution in [2.24, 2.45) is 0 Å². The van der Waals surface area contributed by atoms with E-state index in [4.69, 9.17) is 5.11 Å². The van der Waals surface area contributed by atoms with Crippen molar-refractivity contribution in [2.45, 2.75) is 13.1 Å². The minimum absolute atomic E-state index is 0.0458. The number of carboxylic acids is 1. The number of hydrogen-bond donors (Lipinski definition) is 2. The van der Waals surface area contributed by atoms with Gasteiger partial charge in [-0.15, -0.1) is 0 Å². The molecule has 2 N–H and O–H groups in total. The Morgan fingerprint density at radius 1 is 1.14 bits per heavy atom. The van der Waals surface area contributed by atoms with E-state index in [1.807, 2.05) is 0 Å². The fourth-order valence-electron chi connectivity index (χ4n) is 1.92. The van der Waals surface area contributed by atoms with Gasteiger partial charge in [-0.05, 0) is 36.8 Å². The number of rotatable bonds is 3. The summed E-state index contributed by atoms with van der Waals surface area (Å²) in [5.41, 5.74) is -0.0519. The predicted molar refractivity (Wildman–Crippen MR) is 72.9 cm³/mol. The third-order valence-corrected chi connectivity index (χ3v) is 2.98. The molecule has 0 aliphatic carbocycles. The maximum Gasteiger partial charge on any atom is 0.418 e. The molecule has 0 bridgehead atoms. The second-order valence-corrected chi connectivity index (χ2v) is 4.50. The highest BCUT2D eigenvalue weighted by molar-refractivity contribution is 5.90. The lowest BCUT2D eigenvalue weighted by molar-refractivity contribution is -0.136. The molecular weight excluding hydrogens is 283 g/mol. The number of carbonyl (C=O) groups is 1. The molecule has 0 amide bonds. The molecule has 0 aromatic heterocycles. The van der Waals surface area contributed by atoms with E-state index in [0.717, 1.165) is 6.07 Å². The van der Waals surface area contributed by atoms with E-state index in [9.17, 15) is 18.0 Å². The summed E-state index contributed by atoms with van der Waals surface area (Å²) in [7, 11) is 0. The third kappa shape index (κ3) is 3.34. The Balaban J connectivity index is 2.40. The molecule has 2 rings (SSSR count). The molecule has 110 valence electrons. The van der Waals surface area contributed by atoms with Crippen molar-refractivity contribution in [3.63, 3.8) is 0 Å². The fraction of sp³-hybridized carbons (Fsp3) is 0.133. The zero-order chi connectivity index (χ0) is 15.6. The molecule has 0 saturated carbocycles. The number of aryl methyl sites for hydroxylation is 1. The first-order valence-electron chi connectivity index (χ1n) is 6.06. The van der Waals surface area contributed by atoms with Crippen LogP contribution in [0.5, 0.6) is 0 Å². The number of nitrogens with one attached hydrogen (secondary N) is 1. The summed E-state index contributed by atoms with van der Waals surface area (Å²) in [6.45, 7) is 1.62. The van der Waals surface area contributed by atoms with E-state index in [1.54, 1.807) is 13.0 Å². The predicted octanol–water partition coefficient (Wildman–Crippen LogP) is 4.46. The standard InChI is InChI=1S/C15H12F3NO2/c1-9-6-7-10(8-11(9)14(20)21)19-13-5-3-2-4-12(13)15(16,17)18/h2-8,19H,1H3,(H,20,21). The van der Waals surface area contributed by atoms with Gasteiger partial charge in [0.05, 0.1) is 16.8 Å². The molecule has 0 heterocycles. The second kappa shape index (κ2) is 5.47. The van der Waals surface area contributed by atoms with E-state index in [-0.39, 0.29) is 16.9 Å². The van der Waals surface area contributed by atoms with E-state index in [1.165, 1.54) is 30.3 Å². The Labute approximate surface area is 119 Å². The molecule has 0 aliphatic rings. The summed E-state index contributed by atoms with van der Waals surface area (Å²) in [6, 6.07) is 9.43. The molecule has 6 heteroatoms. The normalized spacial score (nSPS) is 11.2. The van der Waals surface area contributed by atoms with Crippen LogP contribution in [0, 0.1) is 6.92 Å². The van der Waals surface area contributed by atoms with Crippen LogP contribution in [0.1, 0.15) is 21.5 Å². The lowest BCUT2D eigenvalue weighted by atomic mass is 10.1. The van der Waals surface area contributed by atoms with Crippen LogP contribution in [0.25, 0.3) is 0 Å². The maximum absolute atomic E-state index is 12.9. The molecule has 2 aromatic carbocycles. The molecule has 21 heavy (non-hydrogen) atoms. The van der Waals surface area contributed by atoms with Crippen molar-refractivity contribution in [3.8, 4) is 0 Å². The lowest BCUT2D eigenvalue weighted by Gasteiger charge is -2.15.